The van der Waals surface area contributed by atoms with Crippen LogP contribution in [0.5, 0.6) is 5.75 Å². The minimum atomic E-state index is -1.38. The van der Waals surface area contributed by atoms with E-state index in [1.807, 2.05) is 0 Å². The van der Waals surface area contributed by atoms with Gasteiger partial charge in [0.1, 0.15) is 35.7 Å². The maximum absolute atomic E-state index is 14.1. The number of hydrogen-bond donors (Lipinski definition) is 6. The van der Waals surface area contributed by atoms with E-state index in [9.17, 15) is 47.9 Å². The molecule has 1 aliphatic carbocycles. The van der Waals surface area contributed by atoms with E-state index in [0.717, 1.165) is 17.7 Å². The number of anilines is 2. The summed E-state index contributed by atoms with van der Waals surface area (Å²) >= 11 is 0. The smallest absolute Gasteiger partial charge is 0.412 e. The second kappa shape index (κ2) is 25.6. The molecular formula is C52H64N8O15. The average Bonchev–Trinajstić information content (AvgIpc) is 4.05. The number of carbonyl (C=O) groups is 9. The van der Waals surface area contributed by atoms with Gasteiger partial charge in [-0.3, -0.25) is 58.7 Å². The molecule has 23 heteroatoms. The molecule has 0 spiro atoms. The molecule has 1 saturated carbocycles. The van der Waals surface area contributed by atoms with Crippen LogP contribution in [-0.2, 0) is 54.3 Å². The molecule has 8 amide bonds. The third-order valence-electron chi connectivity index (χ3n) is 12.7. The predicted octanol–water partition coefficient (Wildman–Crippen LogP) is 2.37. The van der Waals surface area contributed by atoms with Gasteiger partial charge in [-0.2, -0.15) is 0 Å². The van der Waals surface area contributed by atoms with Crippen LogP contribution in [0.2, 0.25) is 0 Å². The summed E-state index contributed by atoms with van der Waals surface area (Å²) in [4.78, 5) is 131. The molecular weight excluding hydrogens is 977 g/mol. The summed E-state index contributed by atoms with van der Waals surface area (Å²) in [6.45, 7) is 7.61. The number of imide groups is 2. The molecule has 4 heterocycles. The van der Waals surface area contributed by atoms with Crippen molar-refractivity contribution in [2.24, 2.45) is 11.8 Å². The second-order valence-corrected chi connectivity index (χ2v) is 19.5. The van der Waals surface area contributed by atoms with Crippen molar-refractivity contribution in [3.05, 3.63) is 87.8 Å². The SMILES string of the molecule is CC(C)(C)OC(=O)Nc1cccn([C@@H](CC2CC2)C(=O)N[C@@H](C[C@@H]2CCNC2=O)C(=O)C(=O)NCc2cccc(OCCOCCOCCOCCNc3cccc4c3C(=O)N(C3CCC(=O)NC3=O)C4=O)c2)c1=O. The summed E-state index contributed by atoms with van der Waals surface area (Å²) in [7, 11) is 0. The van der Waals surface area contributed by atoms with Gasteiger partial charge in [0.15, 0.2) is 0 Å². The van der Waals surface area contributed by atoms with E-state index >= 15 is 0 Å². The number of ether oxygens (including phenoxy) is 5. The molecule has 0 bridgehead atoms. The molecule has 75 heavy (non-hydrogen) atoms. The van der Waals surface area contributed by atoms with E-state index in [1.54, 1.807) is 57.2 Å². The van der Waals surface area contributed by atoms with Crippen LogP contribution in [0.15, 0.2) is 65.6 Å². The van der Waals surface area contributed by atoms with E-state index < -0.39 is 82.5 Å². The van der Waals surface area contributed by atoms with Crippen LogP contribution in [0.4, 0.5) is 16.2 Å². The topological polar surface area (TPSA) is 297 Å². The van der Waals surface area contributed by atoms with Crippen LogP contribution < -0.4 is 42.2 Å². The van der Waals surface area contributed by atoms with Gasteiger partial charge < -0.3 is 49.5 Å². The molecule has 3 aliphatic heterocycles. The van der Waals surface area contributed by atoms with Crippen molar-refractivity contribution < 1.29 is 66.8 Å². The molecule has 2 aromatic carbocycles. The number of benzene rings is 2. The summed E-state index contributed by atoms with van der Waals surface area (Å²) in [5, 5.41) is 15.8. The lowest BCUT2D eigenvalue weighted by atomic mass is 9.94. The summed E-state index contributed by atoms with van der Waals surface area (Å²) in [5.41, 5.74) is -0.188. The van der Waals surface area contributed by atoms with E-state index in [0.29, 0.717) is 62.9 Å². The van der Waals surface area contributed by atoms with Gasteiger partial charge in [0, 0.05) is 43.9 Å². The van der Waals surface area contributed by atoms with Crippen molar-refractivity contribution in [2.45, 2.75) is 96.0 Å². The van der Waals surface area contributed by atoms with Crippen molar-refractivity contribution in [3.63, 3.8) is 0 Å². The molecule has 0 radical (unpaired) electrons. The zero-order chi connectivity index (χ0) is 53.6. The molecule has 1 aromatic heterocycles. The molecule has 4 aliphatic rings. The second-order valence-electron chi connectivity index (χ2n) is 19.5. The first-order valence-electron chi connectivity index (χ1n) is 25.1. The molecule has 7 rings (SSSR count). The van der Waals surface area contributed by atoms with Gasteiger partial charge in [-0.25, -0.2) is 4.79 Å². The quantitative estimate of drug-likeness (QED) is 0.0363. The predicted molar refractivity (Wildman–Crippen MR) is 267 cm³/mol. The van der Waals surface area contributed by atoms with Crippen LogP contribution in [-0.4, -0.2) is 140 Å². The number of amides is 8. The number of hydrogen-bond acceptors (Lipinski definition) is 16. The largest absolute Gasteiger partial charge is 0.491 e. The summed E-state index contributed by atoms with van der Waals surface area (Å²) < 4.78 is 29.2. The fraction of sp³-hybridized carbons (Fsp3) is 0.500. The molecule has 3 fully saturated rings. The number of rotatable bonds is 27. The van der Waals surface area contributed by atoms with Gasteiger partial charge >= 0.3 is 6.09 Å². The van der Waals surface area contributed by atoms with Crippen molar-refractivity contribution in [2.75, 3.05) is 70.0 Å². The number of ketones is 1. The highest BCUT2D eigenvalue weighted by Crippen LogP contribution is 2.37. The molecule has 6 N–H and O–H groups in total. The summed E-state index contributed by atoms with van der Waals surface area (Å²) in [5.74, 6) is -5.21. The highest BCUT2D eigenvalue weighted by Gasteiger charge is 2.46. The van der Waals surface area contributed by atoms with Crippen molar-refractivity contribution in [3.8, 4) is 5.75 Å². The number of aromatic nitrogens is 1. The first-order valence-corrected chi connectivity index (χ1v) is 25.1. The van der Waals surface area contributed by atoms with Crippen LogP contribution in [0.3, 0.4) is 0 Å². The number of carbonyl (C=O) groups excluding carboxylic acids is 9. The fourth-order valence-electron chi connectivity index (χ4n) is 8.79. The molecule has 1 unspecified atom stereocenters. The Morgan fingerprint density at radius 1 is 0.773 bits per heavy atom. The maximum atomic E-state index is 14.1. The number of nitrogens with zero attached hydrogens (tertiary/aromatic N) is 2. The number of Topliss-reactive ketones (excluding diaryl/α,β-unsaturated/α-hetero) is 1. The highest BCUT2D eigenvalue weighted by atomic mass is 16.6. The number of pyridine rings is 1. The molecule has 2 saturated heterocycles. The number of piperidine rings is 1. The van der Waals surface area contributed by atoms with Crippen molar-refractivity contribution in [1.29, 1.82) is 0 Å². The lowest BCUT2D eigenvalue weighted by Crippen LogP contribution is -2.54. The van der Waals surface area contributed by atoms with E-state index in [1.165, 1.54) is 29.0 Å². The third-order valence-corrected chi connectivity index (χ3v) is 12.7. The number of nitrogens with one attached hydrogen (secondary N) is 6. The van der Waals surface area contributed by atoms with Crippen LogP contribution in [0.1, 0.15) is 98.0 Å². The van der Waals surface area contributed by atoms with Crippen LogP contribution in [0, 0.1) is 11.8 Å². The van der Waals surface area contributed by atoms with E-state index in [2.05, 4.69) is 31.9 Å². The molecule has 4 atom stereocenters. The van der Waals surface area contributed by atoms with Crippen molar-refractivity contribution in [1.82, 2.24) is 30.7 Å². The summed E-state index contributed by atoms with van der Waals surface area (Å²) in [6, 6.07) is 11.1. The maximum Gasteiger partial charge on any atom is 0.412 e. The zero-order valence-corrected chi connectivity index (χ0v) is 42.2. The highest BCUT2D eigenvalue weighted by molar-refractivity contribution is 6.38. The Morgan fingerprint density at radius 3 is 2.17 bits per heavy atom. The fourth-order valence-corrected chi connectivity index (χ4v) is 8.79. The Hall–Kier alpha value is -7.50. The lowest BCUT2D eigenvalue weighted by Gasteiger charge is -2.27. The van der Waals surface area contributed by atoms with E-state index in [4.69, 9.17) is 23.7 Å². The minimum Gasteiger partial charge on any atom is -0.491 e. The number of fused-ring (bicyclic) bond motifs is 1. The normalized spacial score (nSPS) is 18.1. The molecule has 3 aromatic rings. The Labute approximate surface area is 432 Å². The Bertz CT molecular complexity index is 2700. The van der Waals surface area contributed by atoms with Gasteiger partial charge in [0.25, 0.3) is 23.3 Å². The Kier molecular flexibility index (Phi) is 18.9. The molecule has 402 valence electrons. The van der Waals surface area contributed by atoms with Crippen LogP contribution in [0.25, 0.3) is 0 Å². The Morgan fingerprint density at radius 2 is 1.48 bits per heavy atom. The van der Waals surface area contributed by atoms with Gasteiger partial charge in [-0.05, 0) is 94.3 Å². The van der Waals surface area contributed by atoms with Gasteiger partial charge in [-0.15, -0.1) is 0 Å². The van der Waals surface area contributed by atoms with Crippen molar-refractivity contribution >= 4 is 64.6 Å². The monoisotopic (exact) mass is 1040 g/mol. The summed E-state index contributed by atoms with van der Waals surface area (Å²) in [6.07, 6.45) is 2.91. The average molecular weight is 1040 g/mol. The van der Waals surface area contributed by atoms with Gasteiger partial charge in [-0.1, -0.05) is 31.0 Å². The standard InChI is InChI=1S/C52H64N8O15/c1-52(2,3)75-51(70)57-37-11-6-19-59(49(37)68)40(28-31-12-13-31)46(65)56-38(29-33-16-17-54-44(33)63)43(62)47(66)55-30-32-7-4-8-34(27-32)74-26-25-73-24-23-72-22-21-71-20-18-53-36-10-5-9-35-42(36)50(69)60(48(35)67)39-14-15-41(61)58-45(39)64/h4-11,19,27,31,33,38-40,53H,12-18,20-26,28-30H2,1-3H3,(H,54,63)(H,55,66)(H,56,65)(H,57,70)(H,58,61,64)/t33-,38-,39?,40-/m0/s1. The first kappa shape index (κ1) is 55.3. The first-order chi connectivity index (χ1) is 36.0. The van der Waals surface area contributed by atoms with Crippen LogP contribution >= 0.6 is 0 Å². The van der Waals surface area contributed by atoms with E-state index in [-0.39, 0.29) is 80.7 Å². The molecule has 23 nitrogen and oxygen atoms in total. The third kappa shape index (κ3) is 15.3. The van der Waals surface area contributed by atoms with Gasteiger partial charge in [0.2, 0.25) is 29.4 Å². The lowest BCUT2D eigenvalue weighted by molar-refractivity contribution is -0.141. The minimum absolute atomic E-state index is 0.0331. The Balaban J connectivity index is 0.801. The van der Waals surface area contributed by atoms with Gasteiger partial charge in [0.05, 0.1) is 56.8 Å². The zero-order valence-electron chi connectivity index (χ0n) is 42.2.